The maximum absolute atomic E-state index is 6.26. The standard InChI is InChI=1S/C15H23BrClN/c1-4-7-13(10-16)11-18(3)12(2)14-8-5-6-9-15(14)17/h5-6,8-9,12-13H,4,7,10-11H2,1-3H3. The van der Waals surface area contributed by atoms with Crippen LogP contribution >= 0.6 is 27.5 Å². The molecule has 102 valence electrons. The summed E-state index contributed by atoms with van der Waals surface area (Å²) in [5.41, 5.74) is 1.21. The number of alkyl halides is 1. The molecule has 1 aromatic rings. The van der Waals surface area contributed by atoms with Crippen molar-refractivity contribution in [3.05, 3.63) is 34.9 Å². The van der Waals surface area contributed by atoms with Gasteiger partial charge in [0.2, 0.25) is 0 Å². The lowest BCUT2D eigenvalue weighted by molar-refractivity contribution is 0.223. The highest BCUT2D eigenvalue weighted by Gasteiger charge is 2.17. The molecule has 0 aromatic heterocycles. The summed E-state index contributed by atoms with van der Waals surface area (Å²) in [5, 5.41) is 1.93. The Hall–Kier alpha value is -0.0500. The molecular weight excluding hydrogens is 310 g/mol. The first-order chi connectivity index (χ1) is 8.60. The van der Waals surface area contributed by atoms with Crippen molar-refractivity contribution in [3.8, 4) is 0 Å². The molecule has 0 saturated heterocycles. The van der Waals surface area contributed by atoms with Gasteiger partial charge in [-0.1, -0.05) is 59.1 Å². The molecule has 1 rings (SSSR count). The molecule has 2 atom stereocenters. The zero-order chi connectivity index (χ0) is 13.5. The van der Waals surface area contributed by atoms with E-state index in [0.717, 1.165) is 16.9 Å². The van der Waals surface area contributed by atoms with E-state index in [-0.39, 0.29) is 0 Å². The van der Waals surface area contributed by atoms with Gasteiger partial charge in [0.15, 0.2) is 0 Å². The van der Waals surface area contributed by atoms with Crippen LogP contribution in [0.25, 0.3) is 0 Å². The Balaban J connectivity index is 2.66. The number of hydrogen-bond donors (Lipinski definition) is 0. The zero-order valence-electron chi connectivity index (χ0n) is 11.5. The summed E-state index contributed by atoms with van der Waals surface area (Å²) in [7, 11) is 2.18. The van der Waals surface area contributed by atoms with Crippen molar-refractivity contribution in [2.45, 2.75) is 32.7 Å². The summed E-state index contributed by atoms with van der Waals surface area (Å²) in [6.07, 6.45) is 2.51. The van der Waals surface area contributed by atoms with Crippen molar-refractivity contribution >= 4 is 27.5 Å². The fourth-order valence-electron chi connectivity index (χ4n) is 2.24. The molecule has 0 aliphatic rings. The average molecular weight is 333 g/mol. The molecule has 0 aliphatic carbocycles. The highest BCUT2D eigenvalue weighted by Crippen LogP contribution is 2.27. The molecule has 2 unspecified atom stereocenters. The van der Waals surface area contributed by atoms with Crippen molar-refractivity contribution in [1.82, 2.24) is 4.90 Å². The van der Waals surface area contributed by atoms with Gasteiger partial charge in [0, 0.05) is 22.9 Å². The van der Waals surface area contributed by atoms with Crippen LogP contribution in [0.15, 0.2) is 24.3 Å². The lowest BCUT2D eigenvalue weighted by Gasteiger charge is -2.29. The summed E-state index contributed by atoms with van der Waals surface area (Å²) >= 11 is 9.87. The highest BCUT2D eigenvalue weighted by atomic mass is 79.9. The van der Waals surface area contributed by atoms with Crippen LogP contribution in [0.1, 0.15) is 38.3 Å². The summed E-state index contributed by atoms with van der Waals surface area (Å²) in [6.45, 7) is 5.57. The summed E-state index contributed by atoms with van der Waals surface area (Å²) in [5.74, 6) is 0.713. The molecule has 1 aromatic carbocycles. The molecule has 0 saturated carbocycles. The topological polar surface area (TPSA) is 3.24 Å². The van der Waals surface area contributed by atoms with Gasteiger partial charge < -0.3 is 0 Å². The van der Waals surface area contributed by atoms with Crippen LogP contribution in [0.5, 0.6) is 0 Å². The Kier molecular flexibility index (Phi) is 7.28. The first kappa shape index (κ1) is 16.0. The van der Waals surface area contributed by atoms with E-state index in [1.807, 2.05) is 12.1 Å². The third-order valence-corrected chi connectivity index (χ3v) is 4.74. The minimum Gasteiger partial charge on any atom is -0.299 e. The number of nitrogens with zero attached hydrogens (tertiary/aromatic N) is 1. The van der Waals surface area contributed by atoms with Crippen LogP contribution in [-0.4, -0.2) is 23.8 Å². The van der Waals surface area contributed by atoms with Gasteiger partial charge in [-0.05, 0) is 37.9 Å². The number of benzene rings is 1. The fraction of sp³-hybridized carbons (Fsp3) is 0.600. The Morgan fingerprint density at radius 3 is 2.56 bits per heavy atom. The van der Waals surface area contributed by atoms with Crippen LogP contribution < -0.4 is 0 Å². The Labute approximate surface area is 125 Å². The monoisotopic (exact) mass is 331 g/mol. The molecular formula is C15H23BrClN. The number of halogens is 2. The van der Waals surface area contributed by atoms with E-state index in [1.165, 1.54) is 18.4 Å². The molecule has 1 nitrogen and oxygen atoms in total. The van der Waals surface area contributed by atoms with Crippen LogP contribution in [0.2, 0.25) is 5.02 Å². The van der Waals surface area contributed by atoms with E-state index in [2.05, 4.69) is 53.9 Å². The van der Waals surface area contributed by atoms with Crippen LogP contribution in [-0.2, 0) is 0 Å². The molecule has 18 heavy (non-hydrogen) atoms. The molecule has 3 heteroatoms. The van der Waals surface area contributed by atoms with Gasteiger partial charge in [-0.3, -0.25) is 4.90 Å². The third-order valence-electron chi connectivity index (χ3n) is 3.48. The van der Waals surface area contributed by atoms with Crippen molar-refractivity contribution in [2.24, 2.45) is 5.92 Å². The summed E-state index contributed by atoms with van der Waals surface area (Å²) in [6, 6.07) is 8.48. The molecule has 0 radical (unpaired) electrons. The fourth-order valence-corrected chi connectivity index (χ4v) is 3.06. The minimum absolute atomic E-state index is 0.358. The van der Waals surface area contributed by atoms with Crippen molar-refractivity contribution in [1.29, 1.82) is 0 Å². The molecule has 0 aliphatic heterocycles. The Morgan fingerprint density at radius 2 is 2.00 bits per heavy atom. The zero-order valence-corrected chi connectivity index (χ0v) is 13.8. The summed E-state index contributed by atoms with van der Waals surface area (Å²) < 4.78 is 0. The Bertz CT molecular complexity index is 356. The Morgan fingerprint density at radius 1 is 1.33 bits per heavy atom. The molecule has 0 bridgehead atoms. The SMILES string of the molecule is CCCC(CBr)CN(C)C(C)c1ccccc1Cl. The summed E-state index contributed by atoms with van der Waals surface area (Å²) in [4.78, 5) is 2.39. The number of rotatable bonds is 7. The van der Waals surface area contributed by atoms with Crippen molar-refractivity contribution < 1.29 is 0 Å². The van der Waals surface area contributed by atoms with Crippen LogP contribution in [0, 0.1) is 5.92 Å². The third kappa shape index (κ3) is 4.56. The van der Waals surface area contributed by atoms with E-state index >= 15 is 0 Å². The van der Waals surface area contributed by atoms with Gasteiger partial charge in [0.1, 0.15) is 0 Å². The molecule has 0 heterocycles. The normalized spacial score (nSPS) is 14.8. The second-order valence-electron chi connectivity index (χ2n) is 4.95. The minimum atomic E-state index is 0.358. The second kappa shape index (κ2) is 8.19. The van der Waals surface area contributed by atoms with Gasteiger partial charge in [-0.2, -0.15) is 0 Å². The van der Waals surface area contributed by atoms with Crippen molar-refractivity contribution in [3.63, 3.8) is 0 Å². The maximum atomic E-state index is 6.26. The molecule has 0 amide bonds. The first-order valence-corrected chi connectivity index (χ1v) is 8.10. The van der Waals surface area contributed by atoms with Crippen LogP contribution in [0.4, 0.5) is 0 Å². The van der Waals surface area contributed by atoms with Gasteiger partial charge >= 0.3 is 0 Å². The lowest BCUT2D eigenvalue weighted by Crippen LogP contribution is -2.29. The van der Waals surface area contributed by atoms with Gasteiger partial charge in [-0.15, -0.1) is 0 Å². The molecule has 0 N–H and O–H groups in total. The average Bonchev–Trinajstić information content (AvgIpc) is 2.37. The second-order valence-corrected chi connectivity index (χ2v) is 6.00. The predicted octanol–water partition coefficient (Wildman–Crippen LogP) is 5.14. The van der Waals surface area contributed by atoms with E-state index in [4.69, 9.17) is 11.6 Å². The van der Waals surface area contributed by atoms with Gasteiger partial charge in [0.05, 0.1) is 0 Å². The molecule has 0 spiro atoms. The lowest BCUT2D eigenvalue weighted by atomic mass is 10.0. The smallest absolute Gasteiger partial charge is 0.0453 e. The highest BCUT2D eigenvalue weighted by molar-refractivity contribution is 9.09. The van der Waals surface area contributed by atoms with E-state index in [1.54, 1.807) is 0 Å². The van der Waals surface area contributed by atoms with E-state index in [0.29, 0.717) is 12.0 Å². The van der Waals surface area contributed by atoms with E-state index < -0.39 is 0 Å². The van der Waals surface area contributed by atoms with E-state index in [9.17, 15) is 0 Å². The van der Waals surface area contributed by atoms with Gasteiger partial charge in [0.25, 0.3) is 0 Å². The largest absolute Gasteiger partial charge is 0.299 e. The quantitative estimate of drug-likeness (QED) is 0.625. The van der Waals surface area contributed by atoms with Crippen LogP contribution in [0.3, 0.4) is 0 Å². The van der Waals surface area contributed by atoms with Gasteiger partial charge in [-0.25, -0.2) is 0 Å². The maximum Gasteiger partial charge on any atom is 0.0453 e. The first-order valence-electron chi connectivity index (χ1n) is 6.60. The number of hydrogen-bond acceptors (Lipinski definition) is 1. The predicted molar refractivity (Wildman–Crippen MR) is 84.7 cm³/mol. The molecule has 0 fully saturated rings. The van der Waals surface area contributed by atoms with Crippen molar-refractivity contribution in [2.75, 3.05) is 18.9 Å².